The topological polar surface area (TPSA) is 81.8 Å². The predicted octanol–water partition coefficient (Wildman–Crippen LogP) is 5.15. The normalized spacial score (nSPS) is 13.8. The molecule has 0 fully saturated rings. The summed E-state index contributed by atoms with van der Waals surface area (Å²) in [6.45, 7) is 0.140. The van der Waals surface area contributed by atoms with Crippen molar-refractivity contribution in [3.8, 4) is 0 Å². The minimum atomic E-state index is -0.280. The van der Waals surface area contributed by atoms with Gasteiger partial charge < -0.3 is 9.97 Å². The Balaban J connectivity index is 1.63. The summed E-state index contributed by atoms with van der Waals surface area (Å²) in [5.74, 6) is -0.560. The van der Waals surface area contributed by atoms with Crippen LogP contribution in [0.25, 0.3) is 43.6 Å². The maximum Gasteiger partial charge on any atom is 0.262 e. The van der Waals surface area contributed by atoms with Crippen molar-refractivity contribution in [2.75, 3.05) is 0 Å². The molecule has 0 radical (unpaired) electrons. The van der Waals surface area contributed by atoms with Gasteiger partial charge in [0.15, 0.2) is 0 Å². The van der Waals surface area contributed by atoms with Gasteiger partial charge in [0.1, 0.15) is 0 Å². The molecule has 7 rings (SSSR count). The van der Waals surface area contributed by atoms with Crippen LogP contribution in [0.4, 0.5) is 0 Å². The van der Waals surface area contributed by atoms with Crippen LogP contribution in [0.15, 0.2) is 72.9 Å². The van der Waals surface area contributed by atoms with Crippen molar-refractivity contribution in [1.29, 1.82) is 0 Å². The lowest BCUT2D eigenvalue weighted by molar-refractivity contribution is 0.0641. The number of pyridine rings is 1. The summed E-state index contributed by atoms with van der Waals surface area (Å²) in [6.07, 6.45) is 1.67. The minimum absolute atomic E-state index is 0.140. The van der Waals surface area contributed by atoms with Gasteiger partial charge in [0.05, 0.1) is 34.4 Å². The number of nitrogens with zero attached hydrogens (tertiary/aromatic N) is 2. The number of para-hydroxylation sites is 2. The van der Waals surface area contributed by atoms with Gasteiger partial charge in [0.2, 0.25) is 0 Å². The lowest BCUT2D eigenvalue weighted by Crippen LogP contribution is -2.29. The van der Waals surface area contributed by atoms with Crippen molar-refractivity contribution >= 4 is 55.4 Å². The van der Waals surface area contributed by atoms with E-state index >= 15 is 0 Å². The van der Waals surface area contributed by atoms with E-state index in [9.17, 15) is 9.59 Å². The fraction of sp³-hybridized carbons (Fsp3) is 0.0385. The number of amides is 2. The lowest BCUT2D eigenvalue weighted by atomic mass is 9.97. The van der Waals surface area contributed by atoms with Gasteiger partial charge in [-0.2, -0.15) is 0 Å². The fourth-order valence-corrected chi connectivity index (χ4v) is 5.02. The summed E-state index contributed by atoms with van der Waals surface area (Å²) < 4.78 is 0. The van der Waals surface area contributed by atoms with E-state index < -0.39 is 0 Å². The Labute approximate surface area is 181 Å². The summed E-state index contributed by atoms with van der Waals surface area (Å²) in [6, 6.07) is 21.3. The van der Waals surface area contributed by atoms with E-state index in [4.69, 9.17) is 0 Å². The van der Waals surface area contributed by atoms with Gasteiger partial charge in [-0.25, -0.2) is 0 Å². The third kappa shape index (κ3) is 2.10. The van der Waals surface area contributed by atoms with Gasteiger partial charge in [-0.05, 0) is 24.3 Å². The van der Waals surface area contributed by atoms with E-state index in [2.05, 4.69) is 15.0 Å². The Kier molecular flexibility index (Phi) is 3.26. The second-order valence-electron chi connectivity index (χ2n) is 8.11. The summed E-state index contributed by atoms with van der Waals surface area (Å²) in [5, 5.41) is 3.44. The number of fused-ring (bicyclic) bond motifs is 10. The fourth-order valence-electron chi connectivity index (χ4n) is 5.02. The number of hydrogen-bond acceptors (Lipinski definition) is 3. The average molecular weight is 416 g/mol. The van der Waals surface area contributed by atoms with E-state index in [1.54, 1.807) is 6.20 Å². The third-order valence-corrected chi connectivity index (χ3v) is 6.38. The zero-order valence-corrected chi connectivity index (χ0v) is 16.8. The minimum Gasteiger partial charge on any atom is -0.353 e. The molecule has 0 saturated heterocycles. The number of carbonyl (C=O) groups is 2. The Morgan fingerprint density at radius 2 is 1.22 bits per heavy atom. The Morgan fingerprint density at radius 3 is 1.75 bits per heavy atom. The predicted molar refractivity (Wildman–Crippen MR) is 124 cm³/mol. The summed E-state index contributed by atoms with van der Waals surface area (Å²) >= 11 is 0. The highest BCUT2D eigenvalue weighted by Crippen LogP contribution is 2.43. The van der Waals surface area contributed by atoms with Crippen molar-refractivity contribution in [1.82, 2.24) is 19.9 Å². The van der Waals surface area contributed by atoms with Crippen molar-refractivity contribution < 1.29 is 9.59 Å². The van der Waals surface area contributed by atoms with Crippen LogP contribution >= 0.6 is 0 Å². The molecule has 0 bridgehead atoms. The molecule has 0 spiro atoms. The molecule has 2 N–H and O–H groups in total. The number of hydrogen-bond donors (Lipinski definition) is 2. The molecule has 0 atom stereocenters. The number of aromatic nitrogens is 3. The van der Waals surface area contributed by atoms with Crippen molar-refractivity contribution in [3.05, 3.63) is 89.7 Å². The second kappa shape index (κ2) is 6.04. The molecule has 3 aromatic carbocycles. The zero-order valence-electron chi connectivity index (χ0n) is 16.8. The quantitative estimate of drug-likeness (QED) is 0.383. The third-order valence-electron chi connectivity index (χ3n) is 6.38. The number of H-pyrrole nitrogens is 2. The first-order chi connectivity index (χ1) is 15.7. The summed E-state index contributed by atoms with van der Waals surface area (Å²) in [4.78, 5) is 40.1. The van der Waals surface area contributed by atoms with Crippen molar-refractivity contribution in [3.63, 3.8) is 0 Å². The zero-order chi connectivity index (χ0) is 21.4. The first kappa shape index (κ1) is 17.3. The van der Waals surface area contributed by atoms with Crippen molar-refractivity contribution in [2.24, 2.45) is 0 Å². The van der Waals surface area contributed by atoms with Crippen LogP contribution in [0.1, 0.15) is 26.4 Å². The molecule has 1 aliphatic heterocycles. The van der Waals surface area contributed by atoms with Gasteiger partial charge in [0.25, 0.3) is 11.8 Å². The SMILES string of the molecule is O=C1c2c(c3c4ccccc4[nH]c3c3[nH]c4ccccc4c23)C(=O)N1Cc1ccccn1. The average Bonchev–Trinajstić information content (AvgIpc) is 3.46. The number of aromatic amines is 2. The van der Waals surface area contributed by atoms with Gasteiger partial charge in [-0.3, -0.25) is 19.5 Å². The number of rotatable bonds is 2. The highest BCUT2D eigenvalue weighted by Gasteiger charge is 2.41. The monoisotopic (exact) mass is 416 g/mol. The molecule has 4 heterocycles. The van der Waals surface area contributed by atoms with E-state index in [1.165, 1.54) is 4.90 Å². The van der Waals surface area contributed by atoms with Gasteiger partial charge >= 0.3 is 0 Å². The molecule has 152 valence electrons. The molecule has 1 aliphatic rings. The molecule has 0 unspecified atom stereocenters. The van der Waals surface area contributed by atoms with Crippen LogP contribution in [0.3, 0.4) is 0 Å². The Bertz CT molecular complexity index is 1630. The van der Waals surface area contributed by atoms with Gasteiger partial charge in [-0.15, -0.1) is 0 Å². The van der Waals surface area contributed by atoms with E-state index in [-0.39, 0.29) is 18.4 Å². The Morgan fingerprint density at radius 1 is 0.688 bits per heavy atom. The molecule has 32 heavy (non-hydrogen) atoms. The molecule has 3 aromatic heterocycles. The highest BCUT2D eigenvalue weighted by atomic mass is 16.2. The largest absolute Gasteiger partial charge is 0.353 e. The standard InChI is InChI=1S/C26H16N4O2/c31-25-21-19-15-8-1-3-10-17(15)28-23(19)24-20(16-9-2-4-11-18(16)29-24)22(21)26(32)30(25)13-14-7-5-6-12-27-14/h1-12,28-29H,13H2. The van der Waals surface area contributed by atoms with E-state index in [0.29, 0.717) is 16.8 Å². The smallest absolute Gasteiger partial charge is 0.262 e. The molecule has 0 aliphatic carbocycles. The first-order valence-corrected chi connectivity index (χ1v) is 10.5. The van der Waals surface area contributed by atoms with E-state index in [1.807, 2.05) is 66.7 Å². The van der Waals surface area contributed by atoms with Gasteiger partial charge in [0, 0.05) is 38.8 Å². The number of benzene rings is 3. The van der Waals surface area contributed by atoms with E-state index in [0.717, 1.165) is 43.6 Å². The molecular weight excluding hydrogens is 400 g/mol. The maximum absolute atomic E-state index is 13.7. The van der Waals surface area contributed by atoms with Crippen LogP contribution in [0.5, 0.6) is 0 Å². The highest BCUT2D eigenvalue weighted by molar-refractivity contribution is 6.39. The summed E-state index contributed by atoms with van der Waals surface area (Å²) in [7, 11) is 0. The van der Waals surface area contributed by atoms with Gasteiger partial charge in [-0.1, -0.05) is 42.5 Å². The maximum atomic E-state index is 13.7. The van der Waals surface area contributed by atoms with Crippen LogP contribution < -0.4 is 0 Å². The second-order valence-corrected chi connectivity index (χ2v) is 8.11. The molecule has 6 nitrogen and oxygen atoms in total. The van der Waals surface area contributed by atoms with Crippen LogP contribution in [0.2, 0.25) is 0 Å². The molecule has 6 heteroatoms. The van der Waals surface area contributed by atoms with Crippen LogP contribution in [-0.4, -0.2) is 31.7 Å². The molecule has 6 aromatic rings. The summed E-state index contributed by atoms with van der Waals surface area (Å²) in [5.41, 5.74) is 5.16. The number of nitrogens with one attached hydrogen (secondary N) is 2. The molecule has 0 saturated carbocycles. The lowest BCUT2D eigenvalue weighted by Gasteiger charge is -2.12. The first-order valence-electron chi connectivity index (χ1n) is 10.5. The van der Waals surface area contributed by atoms with Crippen LogP contribution in [0, 0.1) is 0 Å². The van der Waals surface area contributed by atoms with Crippen molar-refractivity contribution in [2.45, 2.75) is 6.54 Å². The molecule has 2 amide bonds. The van der Waals surface area contributed by atoms with Crippen LogP contribution in [-0.2, 0) is 6.54 Å². The Hall–Kier alpha value is -4.45. The number of imide groups is 1. The number of carbonyl (C=O) groups excluding carboxylic acids is 2. The molecular formula is C26H16N4O2.